The molecule has 0 aliphatic carbocycles. The molecule has 1 unspecified atom stereocenters. The van der Waals surface area contributed by atoms with Crippen LogP contribution in [-0.2, 0) is 6.42 Å². The molecule has 0 aliphatic rings. The standard InChI is InChI=1S/C21H29BrO2/c1-4-16-15-20(24-14-10-9-11-17(22)5-2)18-12-7-8-13-19(18)21(16)23-6-3/h7-8,12-13,15,17H,4-6,9-11,14H2,1-3H3. The molecule has 0 saturated carbocycles. The lowest BCUT2D eigenvalue weighted by Gasteiger charge is -2.17. The van der Waals surface area contributed by atoms with Gasteiger partial charge in [0.25, 0.3) is 0 Å². The molecule has 2 aromatic rings. The Kier molecular flexibility index (Phi) is 7.90. The van der Waals surface area contributed by atoms with Crippen molar-refractivity contribution in [1.29, 1.82) is 0 Å². The average Bonchev–Trinajstić information content (AvgIpc) is 2.62. The van der Waals surface area contributed by atoms with Gasteiger partial charge in [-0.25, -0.2) is 0 Å². The second-order valence-electron chi connectivity index (χ2n) is 6.04. The number of alkyl halides is 1. The van der Waals surface area contributed by atoms with Crippen LogP contribution in [0, 0.1) is 0 Å². The Labute approximate surface area is 154 Å². The van der Waals surface area contributed by atoms with Crippen molar-refractivity contribution in [2.45, 2.75) is 57.7 Å². The fourth-order valence-corrected chi connectivity index (χ4v) is 3.25. The maximum Gasteiger partial charge on any atom is 0.130 e. The third-order valence-corrected chi connectivity index (χ3v) is 5.42. The third kappa shape index (κ3) is 4.89. The second-order valence-corrected chi connectivity index (χ2v) is 7.34. The summed E-state index contributed by atoms with van der Waals surface area (Å²) in [5, 5.41) is 2.30. The predicted molar refractivity (Wildman–Crippen MR) is 107 cm³/mol. The van der Waals surface area contributed by atoms with E-state index in [1.165, 1.54) is 24.8 Å². The van der Waals surface area contributed by atoms with Crippen LogP contribution in [0.4, 0.5) is 0 Å². The Bertz CT molecular complexity index is 639. The molecular formula is C21H29BrO2. The highest BCUT2D eigenvalue weighted by molar-refractivity contribution is 9.09. The lowest BCUT2D eigenvalue weighted by atomic mass is 10.0. The normalized spacial score (nSPS) is 12.3. The predicted octanol–water partition coefficient (Wildman–Crippen LogP) is 6.52. The van der Waals surface area contributed by atoms with Crippen molar-refractivity contribution in [3.05, 3.63) is 35.9 Å². The summed E-state index contributed by atoms with van der Waals surface area (Å²) in [6, 6.07) is 10.5. The van der Waals surface area contributed by atoms with Crippen molar-refractivity contribution in [1.82, 2.24) is 0 Å². The van der Waals surface area contributed by atoms with E-state index in [1.54, 1.807) is 0 Å². The van der Waals surface area contributed by atoms with Gasteiger partial charge in [-0.15, -0.1) is 0 Å². The number of fused-ring (bicyclic) bond motifs is 1. The molecule has 0 amide bonds. The van der Waals surface area contributed by atoms with Crippen LogP contribution in [0.5, 0.6) is 11.5 Å². The quantitative estimate of drug-likeness (QED) is 0.338. The Morgan fingerprint density at radius 2 is 1.75 bits per heavy atom. The largest absolute Gasteiger partial charge is 0.493 e. The molecule has 132 valence electrons. The molecule has 24 heavy (non-hydrogen) atoms. The highest BCUT2D eigenvalue weighted by Crippen LogP contribution is 2.37. The Morgan fingerprint density at radius 3 is 2.42 bits per heavy atom. The minimum Gasteiger partial charge on any atom is -0.493 e. The molecule has 0 spiro atoms. The van der Waals surface area contributed by atoms with Gasteiger partial charge < -0.3 is 9.47 Å². The van der Waals surface area contributed by atoms with Crippen LogP contribution in [-0.4, -0.2) is 18.0 Å². The van der Waals surface area contributed by atoms with Crippen molar-refractivity contribution in [3.63, 3.8) is 0 Å². The molecule has 0 radical (unpaired) electrons. The number of hydrogen-bond donors (Lipinski definition) is 0. The van der Waals surface area contributed by atoms with E-state index in [4.69, 9.17) is 9.47 Å². The minimum absolute atomic E-state index is 0.635. The summed E-state index contributed by atoms with van der Waals surface area (Å²) in [7, 11) is 0. The van der Waals surface area contributed by atoms with E-state index >= 15 is 0 Å². The summed E-state index contributed by atoms with van der Waals surface area (Å²) in [6.07, 6.45) is 5.62. The lowest BCUT2D eigenvalue weighted by Crippen LogP contribution is -2.03. The van der Waals surface area contributed by atoms with Gasteiger partial charge in [-0.05, 0) is 50.7 Å². The molecule has 1 atom stereocenters. The number of halogens is 1. The first-order valence-corrected chi connectivity index (χ1v) is 10.1. The number of ether oxygens (including phenoxy) is 2. The zero-order chi connectivity index (χ0) is 17.4. The van der Waals surface area contributed by atoms with Gasteiger partial charge in [0.15, 0.2) is 0 Å². The number of benzene rings is 2. The van der Waals surface area contributed by atoms with E-state index in [-0.39, 0.29) is 0 Å². The fourth-order valence-electron chi connectivity index (χ4n) is 2.92. The number of unbranched alkanes of at least 4 members (excludes halogenated alkanes) is 1. The molecule has 0 heterocycles. The monoisotopic (exact) mass is 392 g/mol. The molecule has 2 aromatic carbocycles. The lowest BCUT2D eigenvalue weighted by molar-refractivity contribution is 0.306. The molecule has 0 aliphatic heterocycles. The SMILES string of the molecule is CCOc1c(CC)cc(OCCCCC(Br)CC)c2ccccc12. The van der Waals surface area contributed by atoms with Gasteiger partial charge >= 0.3 is 0 Å². The molecule has 3 heteroatoms. The van der Waals surface area contributed by atoms with E-state index in [1.807, 2.05) is 6.92 Å². The van der Waals surface area contributed by atoms with Gasteiger partial charge in [-0.2, -0.15) is 0 Å². The smallest absolute Gasteiger partial charge is 0.130 e. The fraction of sp³-hybridized carbons (Fsp3) is 0.524. The second kappa shape index (κ2) is 9.93. The summed E-state index contributed by atoms with van der Waals surface area (Å²) < 4.78 is 12.1. The van der Waals surface area contributed by atoms with Gasteiger partial charge in [-0.1, -0.05) is 54.0 Å². The summed E-state index contributed by atoms with van der Waals surface area (Å²) in [4.78, 5) is 0.635. The zero-order valence-electron chi connectivity index (χ0n) is 15.1. The van der Waals surface area contributed by atoms with Crippen molar-refractivity contribution in [3.8, 4) is 11.5 Å². The molecule has 0 saturated heterocycles. The van der Waals surface area contributed by atoms with E-state index in [0.717, 1.165) is 41.7 Å². The number of rotatable bonds is 10. The third-order valence-electron chi connectivity index (χ3n) is 4.32. The van der Waals surface area contributed by atoms with E-state index in [9.17, 15) is 0 Å². The minimum atomic E-state index is 0.635. The molecule has 0 aromatic heterocycles. The first-order valence-electron chi connectivity index (χ1n) is 9.15. The Balaban J connectivity index is 2.13. The Morgan fingerprint density at radius 1 is 1.00 bits per heavy atom. The highest BCUT2D eigenvalue weighted by Gasteiger charge is 2.13. The van der Waals surface area contributed by atoms with Crippen LogP contribution in [0.25, 0.3) is 10.8 Å². The maximum atomic E-state index is 6.14. The topological polar surface area (TPSA) is 18.5 Å². The van der Waals surface area contributed by atoms with Gasteiger partial charge in [0.2, 0.25) is 0 Å². The van der Waals surface area contributed by atoms with Gasteiger partial charge in [-0.3, -0.25) is 0 Å². The summed E-state index contributed by atoms with van der Waals surface area (Å²) in [5.74, 6) is 1.99. The van der Waals surface area contributed by atoms with E-state index in [0.29, 0.717) is 11.4 Å². The van der Waals surface area contributed by atoms with E-state index in [2.05, 4.69) is 60.1 Å². The molecule has 0 bridgehead atoms. The first kappa shape index (κ1) is 19.1. The molecule has 0 fully saturated rings. The number of hydrogen-bond acceptors (Lipinski definition) is 2. The van der Waals surface area contributed by atoms with Crippen LogP contribution in [0.3, 0.4) is 0 Å². The van der Waals surface area contributed by atoms with Gasteiger partial charge in [0.05, 0.1) is 13.2 Å². The zero-order valence-corrected chi connectivity index (χ0v) is 16.7. The first-order chi connectivity index (χ1) is 11.7. The van der Waals surface area contributed by atoms with Gasteiger partial charge in [0.1, 0.15) is 11.5 Å². The van der Waals surface area contributed by atoms with Gasteiger partial charge in [0, 0.05) is 15.6 Å². The van der Waals surface area contributed by atoms with Crippen LogP contribution in [0.2, 0.25) is 0 Å². The van der Waals surface area contributed by atoms with Crippen LogP contribution in [0.1, 0.15) is 52.0 Å². The van der Waals surface area contributed by atoms with Crippen LogP contribution < -0.4 is 9.47 Å². The number of aryl methyl sites for hydroxylation is 1. The summed E-state index contributed by atoms with van der Waals surface area (Å²) in [5.41, 5.74) is 1.22. The molecular weight excluding hydrogens is 364 g/mol. The Hall–Kier alpha value is -1.22. The summed E-state index contributed by atoms with van der Waals surface area (Å²) in [6.45, 7) is 7.87. The molecule has 2 nitrogen and oxygen atoms in total. The summed E-state index contributed by atoms with van der Waals surface area (Å²) >= 11 is 3.69. The van der Waals surface area contributed by atoms with Crippen LogP contribution in [0.15, 0.2) is 30.3 Å². The average molecular weight is 393 g/mol. The van der Waals surface area contributed by atoms with Crippen molar-refractivity contribution < 1.29 is 9.47 Å². The maximum absolute atomic E-state index is 6.14. The highest BCUT2D eigenvalue weighted by atomic mass is 79.9. The molecule has 0 N–H and O–H groups in total. The van der Waals surface area contributed by atoms with Crippen molar-refractivity contribution in [2.24, 2.45) is 0 Å². The van der Waals surface area contributed by atoms with E-state index < -0.39 is 0 Å². The van der Waals surface area contributed by atoms with Crippen LogP contribution >= 0.6 is 15.9 Å². The van der Waals surface area contributed by atoms with Crippen molar-refractivity contribution in [2.75, 3.05) is 13.2 Å². The molecule has 2 rings (SSSR count). The van der Waals surface area contributed by atoms with Crippen molar-refractivity contribution >= 4 is 26.7 Å².